The zero-order valence-corrected chi connectivity index (χ0v) is 10.6. The van der Waals surface area contributed by atoms with Gasteiger partial charge in [0.2, 0.25) is 0 Å². The molecule has 1 aromatic carbocycles. The van der Waals surface area contributed by atoms with Gasteiger partial charge in [-0.05, 0) is 24.8 Å². The van der Waals surface area contributed by atoms with Crippen molar-refractivity contribution in [3.63, 3.8) is 0 Å². The number of hydrogen-bond acceptors (Lipinski definition) is 3. The Labute approximate surface area is 112 Å². The van der Waals surface area contributed by atoms with Gasteiger partial charge in [0.1, 0.15) is 6.04 Å². The van der Waals surface area contributed by atoms with Crippen molar-refractivity contribution in [2.24, 2.45) is 0 Å². The summed E-state index contributed by atoms with van der Waals surface area (Å²) >= 11 is 0. The first-order valence-electron chi connectivity index (χ1n) is 6.64. The largest absolute Gasteiger partial charge is 0.451 e. The van der Waals surface area contributed by atoms with Crippen LogP contribution in [0.1, 0.15) is 24.8 Å². The molecule has 4 heteroatoms. The Morgan fingerprint density at radius 3 is 2.95 bits per heavy atom. The molecule has 1 aliphatic carbocycles. The molecule has 4 nitrogen and oxygen atoms in total. The number of esters is 1. The molecular weight excluding hydrogens is 240 g/mol. The van der Waals surface area contributed by atoms with Crippen molar-refractivity contribution in [3.8, 4) is 0 Å². The lowest BCUT2D eigenvalue weighted by atomic mass is 9.98. The van der Waals surface area contributed by atoms with Gasteiger partial charge in [0.25, 0.3) is 0 Å². The third-order valence-corrected chi connectivity index (χ3v) is 4.01. The van der Waals surface area contributed by atoms with Crippen LogP contribution in [0, 0.1) is 6.57 Å². The molecule has 1 saturated carbocycles. The number of benzene rings is 1. The standard InChI is InChI=1S/C15H16N2O2/c1-16-15-9-5-8-13(15)19-14(18)12(17-15)10-11-6-3-2-4-7-11/h2-4,6-7,12-13,17H,5,8-10H2. The second-order valence-corrected chi connectivity index (χ2v) is 5.24. The maximum absolute atomic E-state index is 12.0. The highest BCUT2D eigenvalue weighted by molar-refractivity contribution is 5.78. The second kappa shape index (κ2) is 4.67. The Morgan fingerprint density at radius 2 is 2.21 bits per heavy atom. The zero-order valence-electron chi connectivity index (χ0n) is 10.6. The summed E-state index contributed by atoms with van der Waals surface area (Å²) in [5, 5.41) is 3.25. The van der Waals surface area contributed by atoms with Gasteiger partial charge in [-0.25, -0.2) is 11.9 Å². The van der Waals surface area contributed by atoms with Gasteiger partial charge in [-0.2, -0.15) is 0 Å². The molecule has 2 aliphatic rings. The molecule has 19 heavy (non-hydrogen) atoms. The zero-order chi connectivity index (χ0) is 13.3. The van der Waals surface area contributed by atoms with Crippen molar-refractivity contribution >= 4 is 5.97 Å². The Kier molecular flexibility index (Phi) is 3.00. The van der Waals surface area contributed by atoms with Crippen LogP contribution in [0.25, 0.3) is 4.85 Å². The molecule has 2 fully saturated rings. The molecule has 1 N–H and O–H groups in total. The number of ether oxygens (including phenoxy) is 1. The molecule has 98 valence electrons. The van der Waals surface area contributed by atoms with Crippen molar-refractivity contribution in [3.05, 3.63) is 47.3 Å². The number of nitrogens with one attached hydrogen (secondary N) is 1. The Bertz CT molecular complexity index is 523. The average Bonchev–Trinajstić information content (AvgIpc) is 2.84. The van der Waals surface area contributed by atoms with E-state index in [0.29, 0.717) is 6.42 Å². The maximum Gasteiger partial charge on any atom is 0.324 e. The quantitative estimate of drug-likeness (QED) is 0.649. The summed E-state index contributed by atoms with van der Waals surface area (Å²) in [7, 11) is 0. The van der Waals surface area contributed by atoms with Crippen LogP contribution < -0.4 is 5.32 Å². The van der Waals surface area contributed by atoms with Crippen LogP contribution in [0.5, 0.6) is 0 Å². The molecule has 0 spiro atoms. The van der Waals surface area contributed by atoms with Gasteiger partial charge in [0.05, 0.1) is 0 Å². The summed E-state index contributed by atoms with van der Waals surface area (Å²) in [6.45, 7) is 7.42. The fourth-order valence-electron chi connectivity index (χ4n) is 3.01. The van der Waals surface area contributed by atoms with E-state index in [1.165, 1.54) is 0 Å². The van der Waals surface area contributed by atoms with Crippen LogP contribution in [-0.4, -0.2) is 23.8 Å². The highest BCUT2D eigenvalue weighted by Crippen LogP contribution is 2.37. The third-order valence-electron chi connectivity index (χ3n) is 4.01. The van der Waals surface area contributed by atoms with Gasteiger partial charge in [-0.1, -0.05) is 30.3 Å². The Morgan fingerprint density at radius 1 is 1.42 bits per heavy atom. The average molecular weight is 256 g/mol. The van der Waals surface area contributed by atoms with E-state index in [-0.39, 0.29) is 12.1 Å². The third kappa shape index (κ3) is 2.11. The van der Waals surface area contributed by atoms with E-state index in [0.717, 1.165) is 24.8 Å². The molecule has 3 unspecified atom stereocenters. The highest BCUT2D eigenvalue weighted by atomic mass is 16.6. The first kappa shape index (κ1) is 12.2. The molecule has 3 atom stereocenters. The Balaban J connectivity index is 1.79. The summed E-state index contributed by atoms with van der Waals surface area (Å²) < 4.78 is 5.47. The minimum absolute atomic E-state index is 0.227. The second-order valence-electron chi connectivity index (χ2n) is 5.24. The normalized spacial score (nSPS) is 33.3. The Hall–Kier alpha value is -1.86. The van der Waals surface area contributed by atoms with E-state index in [9.17, 15) is 4.79 Å². The van der Waals surface area contributed by atoms with E-state index in [1.54, 1.807) is 0 Å². The SMILES string of the molecule is [C-]#[N+]C12CCCC1OC(=O)C(Cc1ccccc1)N2. The monoisotopic (exact) mass is 256 g/mol. The van der Waals surface area contributed by atoms with E-state index in [4.69, 9.17) is 11.3 Å². The first-order chi connectivity index (χ1) is 9.23. The number of fused-ring (bicyclic) bond motifs is 1. The van der Waals surface area contributed by atoms with Crippen LogP contribution in [0.3, 0.4) is 0 Å². The molecule has 0 aromatic heterocycles. The number of hydrogen-bond donors (Lipinski definition) is 1. The molecule has 1 aliphatic heterocycles. The molecule has 0 amide bonds. The number of nitrogens with zero attached hydrogens (tertiary/aromatic N) is 1. The predicted molar refractivity (Wildman–Crippen MR) is 70.1 cm³/mol. The molecule has 3 rings (SSSR count). The van der Waals surface area contributed by atoms with Gasteiger partial charge in [0, 0.05) is 6.42 Å². The van der Waals surface area contributed by atoms with Crippen LogP contribution in [0.4, 0.5) is 0 Å². The van der Waals surface area contributed by atoms with Crippen molar-refractivity contribution in [1.82, 2.24) is 5.32 Å². The van der Waals surface area contributed by atoms with Crippen molar-refractivity contribution in [2.75, 3.05) is 0 Å². The lowest BCUT2D eigenvalue weighted by Gasteiger charge is -2.34. The lowest BCUT2D eigenvalue weighted by Crippen LogP contribution is -2.62. The molecule has 0 radical (unpaired) electrons. The van der Waals surface area contributed by atoms with Gasteiger partial charge in [-0.3, -0.25) is 9.64 Å². The number of carbonyl (C=O) groups is 1. The summed E-state index contributed by atoms with van der Waals surface area (Å²) in [4.78, 5) is 15.7. The van der Waals surface area contributed by atoms with Crippen LogP contribution in [0.2, 0.25) is 0 Å². The minimum Gasteiger partial charge on any atom is -0.451 e. The highest BCUT2D eigenvalue weighted by Gasteiger charge is 2.57. The van der Waals surface area contributed by atoms with E-state index in [2.05, 4.69) is 10.2 Å². The van der Waals surface area contributed by atoms with Crippen LogP contribution in [0.15, 0.2) is 30.3 Å². The fraction of sp³-hybridized carbons (Fsp3) is 0.467. The molecular formula is C15H16N2O2. The van der Waals surface area contributed by atoms with Gasteiger partial charge in [0.15, 0.2) is 6.10 Å². The lowest BCUT2D eigenvalue weighted by molar-refractivity contribution is -0.161. The van der Waals surface area contributed by atoms with E-state index >= 15 is 0 Å². The fourth-order valence-corrected chi connectivity index (χ4v) is 3.01. The van der Waals surface area contributed by atoms with E-state index in [1.807, 2.05) is 30.3 Å². The van der Waals surface area contributed by atoms with Crippen molar-refractivity contribution in [1.29, 1.82) is 0 Å². The molecule has 0 bridgehead atoms. The maximum atomic E-state index is 12.0. The van der Waals surface area contributed by atoms with E-state index < -0.39 is 11.7 Å². The van der Waals surface area contributed by atoms with Gasteiger partial charge >= 0.3 is 11.6 Å². The number of morpholine rings is 1. The predicted octanol–water partition coefficient (Wildman–Crippen LogP) is 1.91. The van der Waals surface area contributed by atoms with Gasteiger partial charge in [-0.15, -0.1) is 0 Å². The summed E-state index contributed by atoms with van der Waals surface area (Å²) in [5.74, 6) is -0.227. The van der Waals surface area contributed by atoms with Crippen molar-refractivity contribution < 1.29 is 9.53 Å². The van der Waals surface area contributed by atoms with Gasteiger partial charge < -0.3 is 4.74 Å². The first-order valence-corrected chi connectivity index (χ1v) is 6.64. The van der Waals surface area contributed by atoms with Crippen LogP contribution in [-0.2, 0) is 16.0 Å². The molecule has 1 aromatic rings. The topological polar surface area (TPSA) is 42.7 Å². The summed E-state index contributed by atoms with van der Waals surface area (Å²) in [6.07, 6.45) is 2.79. The summed E-state index contributed by atoms with van der Waals surface area (Å²) in [5.41, 5.74) is 0.390. The number of rotatable bonds is 2. The minimum atomic E-state index is -0.687. The smallest absolute Gasteiger partial charge is 0.324 e. The number of carbonyl (C=O) groups excluding carboxylic acids is 1. The van der Waals surface area contributed by atoms with Crippen LogP contribution >= 0.6 is 0 Å². The molecule has 1 heterocycles. The summed E-state index contributed by atoms with van der Waals surface area (Å²) in [6, 6.07) is 9.41. The van der Waals surface area contributed by atoms with Crippen molar-refractivity contribution in [2.45, 2.75) is 43.5 Å². The molecule has 1 saturated heterocycles.